The summed E-state index contributed by atoms with van der Waals surface area (Å²) in [4.78, 5) is 0. The number of hydrogen-bond acceptors (Lipinski definition) is 3. The number of nitrogens with two attached hydrogens (primary N) is 2. The van der Waals surface area contributed by atoms with E-state index in [1.807, 2.05) is 0 Å². The third-order valence-electron chi connectivity index (χ3n) is 3.80. The summed E-state index contributed by atoms with van der Waals surface area (Å²) in [5.74, 6) is 0. The zero-order valence-corrected chi connectivity index (χ0v) is 10.4. The Hall–Kier alpha value is 0.270. The Morgan fingerprint density at radius 1 is 0.800 bits per heavy atom. The summed E-state index contributed by atoms with van der Waals surface area (Å²) in [6.45, 7) is 0. The molecule has 2 aliphatic rings. The molecule has 0 saturated heterocycles. The average molecular weight is 228 g/mol. The lowest BCUT2D eigenvalue weighted by Gasteiger charge is -2.35. The molecule has 2 saturated carbocycles. The van der Waals surface area contributed by atoms with Crippen molar-refractivity contribution in [2.24, 2.45) is 11.5 Å². The molecule has 4 N–H and O–H groups in total. The molecule has 0 bridgehead atoms. The van der Waals surface area contributed by atoms with E-state index in [-0.39, 0.29) is 5.66 Å². The molecule has 0 aromatic carbocycles. The van der Waals surface area contributed by atoms with Gasteiger partial charge in [0.05, 0.1) is 5.66 Å². The van der Waals surface area contributed by atoms with Gasteiger partial charge in [-0.2, -0.15) is 11.8 Å². The lowest BCUT2D eigenvalue weighted by molar-refractivity contribution is 0.310. The van der Waals surface area contributed by atoms with Crippen molar-refractivity contribution in [2.45, 2.75) is 74.0 Å². The van der Waals surface area contributed by atoms with Crippen LogP contribution in [0, 0.1) is 0 Å². The highest BCUT2D eigenvalue weighted by atomic mass is 32.2. The van der Waals surface area contributed by atoms with Crippen LogP contribution in [0.4, 0.5) is 0 Å². The van der Waals surface area contributed by atoms with Crippen LogP contribution in [0.3, 0.4) is 0 Å². The molecule has 15 heavy (non-hydrogen) atoms. The minimum Gasteiger partial charge on any atom is -0.313 e. The molecule has 0 heterocycles. The van der Waals surface area contributed by atoms with Crippen LogP contribution in [0.25, 0.3) is 0 Å². The van der Waals surface area contributed by atoms with Gasteiger partial charge in [-0.3, -0.25) is 0 Å². The highest BCUT2D eigenvalue weighted by Crippen LogP contribution is 2.37. The second-order valence-corrected chi connectivity index (χ2v) is 6.93. The fraction of sp³-hybridized carbons (Fsp3) is 1.00. The van der Waals surface area contributed by atoms with E-state index in [4.69, 9.17) is 11.5 Å². The summed E-state index contributed by atoms with van der Waals surface area (Å²) in [5.41, 5.74) is 11.5. The molecule has 0 unspecified atom stereocenters. The second-order valence-electron chi connectivity index (χ2n) is 5.33. The fourth-order valence-electron chi connectivity index (χ4n) is 2.74. The van der Waals surface area contributed by atoms with Gasteiger partial charge >= 0.3 is 0 Å². The van der Waals surface area contributed by atoms with Crippen LogP contribution in [0.2, 0.25) is 0 Å². The Morgan fingerprint density at radius 3 is 1.93 bits per heavy atom. The molecule has 0 atom stereocenters. The predicted octanol–water partition coefficient (Wildman–Crippen LogP) is 2.61. The summed E-state index contributed by atoms with van der Waals surface area (Å²) >= 11 is 2.23. The molecule has 88 valence electrons. The highest BCUT2D eigenvalue weighted by Gasteiger charge is 2.29. The first-order valence-corrected chi connectivity index (χ1v) is 7.33. The Morgan fingerprint density at radius 2 is 1.33 bits per heavy atom. The van der Waals surface area contributed by atoms with Crippen molar-refractivity contribution >= 4 is 11.8 Å². The van der Waals surface area contributed by atoms with Crippen LogP contribution >= 0.6 is 11.8 Å². The maximum atomic E-state index is 5.94. The van der Waals surface area contributed by atoms with E-state index in [9.17, 15) is 0 Å². The Kier molecular flexibility index (Phi) is 3.97. The molecule has 2 fully saturated rings. The second kappa shape index (κ2) is 5.07. The van der Waals surface area contributed by atoms with Gasteiger partial charge in [-0.25, -0.2) is 0 Å². The Labute approximate surface area is 97.5 Å². The SMILES string of the molecule is NC1(N)CCC(SC2CCCCC2)CC1. The highest BCUT2D eigenvalue weighted by molar-refractivity contribution is 8.00. The Bertz CT molecular complexity index is 190. The third kappa shape index (κ3) is 3.65. The Balaban J connectivity index is 1.71. The monoisotopic (exact) mass is 228 g/mol. The molecule has 0 radical (unpaired) electrons. The molecule has 0 amide bonds. The van der Waals surface area contributed by atoms with Gasteiger partial charge in [-0.15, -0.1) is 0 Å². The lowest BCUT2D eigenvalue weighted by Crippen LogP contribution is -2.52. The van der Waals surface area contributed by atoms with Crippen molar-refractivity contribution in [1.82, 2.24) is 0 Å². The molecule has 0 spiro atoms. The number of thioether (sulfide) groups is 1. The van der Waals surface area contributed by atoms with Crippen LogP contribution in [-0.4, -0.2) is 16.2 Å². The summed E-state index contributed by atoms with van der Waals surface area (Å²) < 4.78 is 0. The van der Waals surface area contributed by atoms with E-state index >= 15 is 0 Å². The maximum Gasteiger partial charge on any atom is 0.0637 e. The predicted molar refractivity (Wildman–Crippen MR) is 67.8 cm³/mol. The van der Waals surface area contributed by atoms with Crippen LogP contribution in [0.15, 0.2) is 0 Å². The molecular weight excluding hydrogens is 204 g/mol. The van der Waals surface area contributed by atoms with E-state index in [0.717, 1.165) is 23.3 Å². The molecular formula is C12H24N2S. The van der Waals surface area contributed by atoms with Crippen molar-refractivity contribution in [3.63, 3.8) is 0 Å². The topological polar surface area (TPSA) is 52.0 Å². The number of rotatable bonds is 2. The normalized spacial score (nSPS) is 29.2. The number of hydrogen-bond donors (Lipinski definition) is 2. The molecule has 2 rings (SSSR count). The lowest BCUT2D eigenvalue weighted by atomic mass is 9.90. The molecule has 2 aliphatic carbocycles. The molecule has 0 aliphatic heterocycles. The van der Waals surface area contributed by atoms with E-state index in [1.54, 1.807) is 0 Å². The quantitative estimate of drug-likeness (QED) is 0.714. The fourth-order valence-corrected chi connectivity index (χ4v) is 4.40. The first-order valence-electron chi connectivity index (χ1n) is 6.39. The van der Waals surface area contributed by atoms with Crippen LogP contribution < -0.4 is 11.5 Å². The van der Waals surface area contributed by atoms with Gasteiger partial charge in [-0.05, 0) is 38.5 Å². The largest absolute Gasteiger partial charge is 0.313 e. The molecule has 0 aromatic rings. The van der Waals surface area contributed by atoms with Crippen molar-refractivity contribution in [1.29, 1.82) is 0 Å². The first kappa shape index (κ1) is 11.7. The van der Waals surface area contributed by atoms with E-state index in [0.29, 0.717) is 0 Å². The van der Waals surface area contributed by atoms with Gasteiger partial charge in [0, 0.05) is 10.5 Å². The molecule has 3 heteroatoms. The van der Waals surface area contributed by atoms with Crippen LogP contribution in [0.5, 0.6) is 0 Å². The smallest absolute Gasteiger partial charge is 0.0637 e. The standard InChI is InChI=1S/C12H24N2S/c13-12(14)8-6-11(7-9-12)15-10-4-2-1-3-5-10/h10-11H,1-9,13-14H2. The van der Waals surface area contributed by atoms with Gasteiger partial charge in [0.2, 0.25) is 0 Å². The maximum absolute atomic E-state index is 5.94. The van der Waals surface area contributed by atoms with Crippen LogP contribution in [0.1, 0.15) is 57.8 Å². The van der Waals surface area contributed by atoms with Crippen molar-refractivity contribution in [3.8, 4) is 0 Å². The summed E-state index contributed by atoms with van der Waals surface area (Å²) in [5, 5.41) is 1.78. The van der Waals surface area contributed by atoms with Gasteiger partial charge < -0.3 is 11.5 Å². The minimum absolute atomic E-state index is 0.358. The summed E-state index contributed by atoms with van der Waals surface area (Å²) in [6.07, 6.45) is 11.7. The summed E-state index contributed by atoms with van der Waals surface area (Å²) in [7, 11) is 0. The van der Waals surface area contributed by atoms with Crippen molar-refractivity contribution < 1.29 is 0 Å². The zero-order valence-electron chi connectivity index (χ0n) is 9.58. The van der Waals surface area contributed by atoms with Gasteiger partial charge in [0.15, 0.2) is 0 Å². The summed E-state index contributed by atoms with van der Waals surface area (Å²) in [6, 6.07) is 0. The molecule has 2 nitrogen and oxygen atoms in total. The minimum atomic E-state index is -0.358. The first-order chi connectivity index (χ1) is 7.16. The van der Waals surface area contributed by atoms with E-state index in [2.05, 4.69) is 11.8 Å². The van der Waals surface area contributed by atoms with Crippen molar-refractivity contribution in [2.75, 3.05) is 0 Å². The van der Waals surface area contributed by atoms with Gasteiger partial charge in [-0.1, -0.05) is 19.3 Å². The van der Waals surface area contributed by atoms with E-state index in [1.165, 1.54) is 44.9 Å². The van der Waals surface area contributed by atoms with E-state index < -0.39 is 0 Å². The third-order valence-corrected chi connectivity index (χ3v) is 5.51. The van der Waals surface area contributed by atoms with Gasteiger partial charge in [0.25, 0.3) is 0 Å². The van der Waals surface area contributed by atoms with Crippen LogP contribution in [-0.2, 0) is 0 Å². The zero-order chi connectivity index (χ0) is 10.7. The van der Waals surface area contributed by atoms with Crippen molar-refractivity contribution in [3.05, 3.63) is 0 Å². The average Bonchev–Trinajstić information content (AvgIpc) is 2.23. The van der Waals surface area contributed by atoms with Gasteiger partial charge in [0.1, 0.15) is 0 Å². The molecule has 0 aromatic heterocycles.